The Balaban J connectivity index is 0.00000169. The maximum Gasteiger partial charge on any atom is 0.225 e. The number of nitrogens with one attached hydrogen (secondary N) is 1. The van der Waals surface area contributed by atoms with E-state index >= 15 is 0 Å². The number of aliphatic hydroxyl groups is 1. The molecular weight excluding hydrogens is 373 g/mol. The van der Waals surface area contributed by atoms with Gasteiger partial charge in [-0.3, -0.25) is 9.69 Å². The summed E-state index contributed by atoms with van der Waals surface area (Å²) in [4.78, 5) is 17.0. The first-order valence-corrected chi connectivity index (χ1v) is 9.11. The van der Waals surface area contributed by atoms with E-state index in [0.29, 0.717) is 18.5 Å². The highest BCUT2D eigenvalue weighted by atomic mass is 35.5. The van der Waals surface area contributed by atoms with Crippen LogP contribution in [0.15, 0.2) is 30.3 Å². The predicted molar refractivity (Wildman–Crippen MR) is 109 cm³/mol. The van der Waals surface area contributed by atoms with Crippen LogP contribution < -0.4 is 5.32 Å². The highest BCUT2D eigenvalue weighted by molar-refractivity contribution is 5.85. The van der Waals surface area contributed by atoms with E-state index in [1.807, 2.05) is 35.2 Å². The molecule has 2 N–H and O–H groups in total. The molecule has 148 valence electrons. The van der Waals surface area contributed by atoms with Gasteiger partial charge in [-0.15, -0.1) is 24.8 Å². The maximum atomic E-state index is 12.7. The third-order valence-electron chi connectivity index (χ3n) is 5.27. The highest BCUT2D eigenvalue weighted by Crippen LogP contribution is 2.20. The molecule has 1 amide bonds. The third kappa shape index (κ3) is 6.10. The standard InChI is InChI=1S/C19H29N3O2.2ClH/c1-15-13-17(7-8-20-15)19(24)22-11-9-21(10-12-22)14-18(23)16-5-3-2-4-6-16;;/h2-6,15,17-18,20,23H,7-14H2,1H3;2*1H/t15-,17-,18?;;/m0../s1. The molecule has 3 rings (SSSR count). The molecule has 1 aromatic rings. The Morgan fingerprint density at radius 1 is 1.19 bits per heavy atom. The molecule has 3 atom stereocenters. The molecule has 7 heteroatoms. The summed E-state index contributed by atoms with van der Waals surface area (Å²) in [7, 11) is 0. The lowest BCUT2D eigenvalue weighted by Gasteiger charge is -2.38. The molecule has 2 saturated heterocycles. The van der Waals surface area contributed by atoms with Crippen LogP contribution in [0.2, 0.25) is 0 Å². The zero-order valence-corrected chi connectivity index (χ0v) is 17.0. The Morgan fingerprint density at radius 3 is 2.46 bits per heavy atom. The van der Waals surface area contributed by atoms with Crippen LogP contribution in [0.4, 0.5) is 0 Å². The van der Waals surface area contributed by atoms with Crippen LogP contribution in [0.3, 0.4) is 0 Å². The molecule has 1 aromatic carbocycles. The zero-order chi connectivity index (χ0) is 16.9. The van der Waals surface area contributed by atoms with Crippen molar-refractivity contribution in [2.45, 2.75) is 31.9 Å². The van der Waals surface area contributed by atoms with Crippen molar-refractivity contribution in [1.82, 2.24) is 15.1 Å². The normalized spacial score (nSPS) is 24.9. The molecule has 1 unspecified atom stereocenters. The lowest BCUT2D eigenvalue weighted by atomic mass is 9.92. The van der Waals surface area contributed by atoms with Crippen LogP contribution in [0.1, 0.15) is 31.4 Å². The van der Waals surface area contributed by atoms with Crippen molar-refractivity contribution in [3.05, 3.63) is 35.9 Å². The van der Waals surface area contributed by atoms with Gasteiger partial charge in [-0.1, -0.05) is 30.3 Å². The molecule has 5 nitrogen and oxygen atoms in total. The number of carbonyl (C=O) groups excluding carboxylic acids is 1. The summed E-state index contributed by atoms with van der Waals surface area (Å²) in [6.45, 7) is 6.98. The Hall–Kier alpha value is -0.850. The minimum Gasteiger partial charge on any atom is -0.387 e. The van der Waals surface area contributed by atoms with Crippen molar-refractivity contribution in [1.29, 1.82) is 0 Å². The van der Waals surface area contributed by atoms with Gasteiger partial charge in [0, 0.05) is 44.7 Å². The number of hydrogen-bond acceptors (Lipinski definition) is 4. The number of piperazine rings is 1. The van der Waals surface area contributed by atoms with Gasteiger partial charge >= 0.3 is 0 Å². The average Bonchev–Trinajstić information content (AvgIpc) is 2.62. The summed E-state index contributed by atoms with van der Waals surface area (Å²) >= 11 is 0. The minimum atomic E-state index is -0.460. The number of nitrogens with zero attached hydrogens (tertiary/aromatic N) is 2. The molecule has 0 aromatic heterocycles. The van der Waals surface area contributed by atoms with Crippen LogP contribution in [-0.4, -0.2) is 66.1 Å². The lowest BCUT2D eigenvalue weighted by molar-refractivity contribution is -0.138. The van der Waals surface area contributed by atoms with E-state index in [-0.39, 0.29) is 30.7 Å². The summed E-state index contributed by atoms with van der Waals surface area (Å²) in [6, 6.07) is 10.2. The second kappa shape index (κ2) is 11.1. The number of carbonyl (C=O) groups is 1. The van der Waals surface area contributed by atoms with Crippen molar-refractivity contribution in [2.24, 2.45) is 5.92 Å². The number of benzene rings is 1. The molecule has 2 aliphatic heterocycles. The quantitative estimate of drug-likeness (QED) is 0.807. The van der Waals surface area contributed by atoms with Gasteiger partial charge in [0.15, 0.2) is 0 Å². The fourth-order valence-electron chi connectivity index (χ4n) is 3.79. The monoisotopic (exact) mass is 403 g/mol. The fourth-order valence-corrected chi connectivity index (χ4v) is 3.79. The van der Waals surface area contributed by atoms with E-state index in [2.05, 4.69) is 17.1 Å². The second-order valence-corrected chi connectivity index (χ2v) is 7.13. The smallest absolute Gasteiger partial charge is 0.225 e. The largest absolute Gasteiger partial charge is 0.387 e. The third-order valence-corrected chi connectivity index (χ3v) is 5.27. The zero-order valence-electron chi connectivity index (χ0n) is 15.3. The van der Waals surface area contributed by atoms with Crippen molar-refractivity contribution in [3.8, 4) is 0 Å². The van der Waals surface area contributed by atoms with Crippen LogP contribution in [0.25, 0.3) is 0 Å². The Kier molecular flexibility index (Phi) is 9.90. The fraction of sp³-hybridized carbons (Fsp3) is 0.632. The number of aliphatic hydroxyl groups excluding tert-OH is 1. The number of β-amino-alcohol motifs (C(OH)–C–C–N with tert-alkyl or cyclic N) is 1. The molecule has 0 saturated carbocycles. The van der Waals surface area contributed by atoms with Gasteiger partial charge in [0.25, 0.3) is 0 Å². The molecule has 26 heavy (non-hydrogen) atoms. The number of halogens is 2. The van der Waals surface area contributed by atoms with Crippen molar-refractivity contribution < 1.29 is 9.90 Å². The number of amides is 1. The predicted octanol–water partition coefficient (Wildman–Crippen LogP) is 2.10. The Morgan fingerprint density at radius 2 is 1.85 bits per heavy atom. The van der Waals surface area contributed by atoms with Crippen LogP contribution >= 0.6 is 24.8 Å². The number of rotatable bonds is 4. The van der Waals surface area contributed by atoms with E-state index in [9.17, 15) is 9.90 Å². The summed E-state index contributed by atoms with van der Waals surface area (Å²) in [6.07, 6.45) is 1.45. The molecule has 2 fully saturated rings. The number of hydrogen-bond donors (Lipinski definition) is 2. The van der Waals surface area contributed by atoms with E-state index in [1.165, 1.54) is 0 Å². The van der Waals surface area contributed by atoms with Crippen molar-refractivity contribution in [3.63, 3.8) is 0 Å². The molecule has 0 radical (unpaired) electrons. The first-order valence-electron chi connectivity index (χ1n) is 9.11. The summed E-state index contributed by atoms with van der Waals surface area (Å²) in [5.74, 6) is 0.509. The maximum absolute atomic E-state index is 12.7. The van der Waals surface area contributed by atoms with Crippen LogP contribution in [0, 0.1) is 5.92 Å². The van der Waals surface area contributed by atoms with E-state index in [1.54, 1.807) is 0 Å². The Bertz CT molecular complexity index is 539. The van der Waals surface area contributed by atoms with Crippen LogP contribution in [0.5, 0.6) is 0 Å². The lowest BCUT2D eigenvalue weighted by Crippen LogP contribution is -2.52. The van der Waals surface area contributed by atoms with E-state index in [0.717, 1.165) is 51.1 Å². The first-order chi connectivity index (χ1) is 11.6. The summed E-state index contributed by atoms with van der Waals surface area (Å²) < 4.78 is 0. The Labute approximate surface area is 168 Å². The second-order valence-electron chi connectivity index (χ2n) is 7.13. The molecule has 2 aliphatic rings. The van der Waals surface area contributed by atoms with Crippen molar-refractivity contribution >= 4 is 30.7 Å². The average molecular weight is 404 g/mol. The van der Waals surface area contributed by atoms with E-state index < -0.39 is 6.10 Å². The van der Waals surface area contributed by atoms with Gasteiger partial charge in [0.1, 0.15) is 0 Å². The van der Waals surface area contributed by atoms with Gasteiger partial charge in [-0.25, -0.2) is 0 Å². The highest BCUT2D eigenvalue weighted by Gasteiger charge is 2.30. The number of piperidine rings is 1. The molecule has 0 spiro atoms. The summed E-state index contributed by atoms with van der Waals surface area (Å²) in [5.41, 5.74) is 0.958. The van der Waals surface area contributed by atoms with Gasteiger partial charge < -0.3 is 15.3 Å². The molecular formula is C19H31Cl2N3O2. The van der Waals surface area contributed by atoms with Gasteiger partial charge in [0.05, 0.1) is 6.10 Å². The van der Waals surface area contributed by atoms with Gasteiger partial charge in [-0.2, -0.15) is 0 Å². The first kappa shape index (κ1) is 23.2. The topological polar surface area (TPSA) is 55.8 Å². The van der Waals surface area contributed by atoms with Crippen LogP contribution in [-0.2, 0) is 4.79 Å². The molecule has 2 heterocycles. The molecule has 0 bridgehead atoms. The van der Waals surface area contributed by atoms with E-state index in [4.69, 9.17) is 0 Å². The molecule has 0 aliphatic carbocycles. The van der Waals surface area contributed by atoms with Gasteiger partial charge in [0.2, 0.25) is 5.91 Å². The van der Waals surface area contributed by atoms with Gasteiger partial charge in [-0.05, 0) is 31.9 Å². The minimum absolute atomic E-state index is 0. The summed E-state index contributed by atoms with van der Waals surface area (Å²) in [5, 5.41) is 13.8. The SMILES string of the molecule is C[C@H]1C[C@@H](C(=O)N2CCN(CC(O)c3ccccc3)CC2)CCN1.Cl.Cl. The van der Waals surface area contributed by atoms with Crippen molar-refractivity contribution in [2.75, 3.05) is 39.3 Å².